The second-order valence-corrected chi connectivity index (χ2v) is 7.51. The second-order valence-electron chi connectivity index (χ2n) is 6.61. The Morgan fingerprint density at radius 2 is 1.71 bits per heavy atom. The topological polar surface area (TPSA) is 85.1 Å². The van der Waals surface area contributed by atoms with Crippen molar-refractivity contribution < 1.29 is 4.74 Å². The largest absolute Gasteiger partial charge is 0.383 e. The van der Waals surface area contributed by atoms with Crippen molar-refractivity contribution in [3.05, 3.63) is 30.4 Å². The van der Waals surface area contributed by atoms with Gasteiger partial charge < -0.3 is 19.1 Å². The second kappa shape index (κ2) is 7.28. The third-order valence-electron chi connectivity index (χ3n) is 5.04. The minimum absolute atomic E-state index is 0.624. The molecule has 1 aliphatic heterocycles. The van der Waals surface area contributed by atoms with E-state index in [4.69, 9.17) is 4.74 Å². The van der Waals surface area contributed by atoms with E-state index >= 15 is 0 Å². The van der Waals surface area contributed by atoms with Gasteiger partial charge in [-0.2, -0.15) is 0 Å². The molecule has 0 N–H and O–H groups in total. The molecule has 0 unspecified atom stereocenters. The number of anilines is 2. The molecule has 0 amide bonds. The third kappa shape index (κ3) is 2.94. The van der Waals surface area contributed by atoms with E-state index in [0.29, 0.717) is 6.61 Å². The maximum absolute atomic E-state index is 5.17. The molecule has 0 bridgehead atoms. The van der Waals surface area contributed by atoms with Gasteiger partial charge in [0.05, 0.1) is 18.3 Å². The van der Waals surface area contributed by atoms with Crippen molar-refractivity contribution in [3.8, 4) is 0 Å². The summed E-state index contributed by atoms with van der Waals surface area (Å²) in [5.74, 6) is 1.91. The number of methoxy groups -OCH3 is 1. The van der Waals surface area contributed by atoms with Crippen LogP contribution in [0.3, 0.4) is 0 Å². The highest BCUT2D eigenvalue weighted by Crippen LogP contribution is 2.29. The van der Waals surface area contributed by atoms with Gasteiger partial charge in [-0.1, -0.05) is 0 Å². The van der Waals surface area contributed by atoms with Crippen molar-refractivity contribution in [1.29, 1.82) is 0 Å². The minimum atomic E-state index is 0.624. The number of ether oxygens (including phenoxy) is 1. The van der Waals surface area contributed by atoms with Crippen molar-refractivity contribution in [2.24, 2.45) is 0 Å². The molecule has 4 aromatic heterocycles. The monoisotopic (exact) mass is 396 g/mol. The fourth-order valence-electron chi connectivity index (χ4n) is 3.61. The minimum Gasteiger partial charge on any atom is -0.383 e. The first-order valence-corrected chi connectivity index (χ1v) is 10.1. The zero-order chi connectivity index (χ0) is 18.9. The van der Waals surface area contributed by atoms with Crippen LogP contribution in [0.4, 0.5) is 11.6 Å². The lowest BCUT2D eigenvalue weighted by atomic mass is 10.2. The molecule has 9 nitrogen and oxygen atoms in total. The summed E-state index contributed by atoms with van der Waals surface area (Å²) in [6.07, 6.45) is 5.09. The molecule has 28 heavy (non-hydrogen) atoms. The Kier molecular flexibility index (Phi) is 4.49. The molecule has 0 aliphatic carbocycles. The Labute approximate surface area is 165 Å². The van der Waals surface area contributed by atoms with Crippen molar-refractivity contribution >= 4 is 44.4 Å². The summed E-state index contributed by atoms with van der Waals surface area (Å²) in [7, 11) is 1.69. The SMILES string of the molecule is COCCn1cnc2c(N3CCN(c4ncnc5sccc45)CC3)ncnc21. The molecule has 1 saturated heterocycles. The predicted octanol–water partition coefficient (Wildman–Crippen LogP) is 1.80. The van der Waals surface area contributed by atoms with Gasteiger partial charge in [0.2, 0.25) is 0 Å². The number of thiophene rings is 1. The summed E-state index contributed by atoms with van der Waals surface area (Å²) in [5.41, 5.74) is 1.69. The van der Waals surface area contributed by atoms with Crippen molar-refractivity contribution in [3.63, 3.8) is 0 Å². The van der Waals surface area contributed by atoms with E-state index < -0.39 is 0 Å². The highest BCUT2D eigenvalue weighted by molar-refractivity contribution is 7.16. The Balaban J connectivity index is 1.37. The quantitative estimate of drug-likeness (QED) is 0.505. The van der Waals surface area contributed by atoms with E-state index in [0.717, 1.165) is 65.7 Å². The maximum atomic E-state index is 5.17. The van der Waals surface area contributed by atoms with Gasteiger partial charge in [0.15, 0.2) is 17.0 Å². The third-order valence-corrected chi connectivity index (χ3v) is 5.86. The van der Waals surface area contributed by atoms with Gasteiger partial charge in [-0.3, -0.25) is 0 Å². The maximum Gasteiger partial charge on any atom is 0.165 e. The van der Waals surface area contributed by atoms with Gasteiger partial charge in [0, 0.05) is 39.8 Å². The van der Waals surface area contributed by atoms with E-state index in [1.165, 1.54) is 0 Å². The van der Waals surface area contributed by atoms with Crippen LogP contribution in [0.1, 0.15) is 0 Å². The normalized spacial score (nSPS) is 15.0. The van der Waals surface area contributed by atoms with Crippen LogP contribution in [-0.4, -0.2) is 69.4 Å². The van der Waals surface area contributed by atoms with E-state index in [-0.39, 0.29) is 0 Å². The molecule has 4 aromatic rings. The molecule has 1 aliphatic rings. The molecule has 0 saturated carbocycles. The Bertz CT molecular complexity index is 1100. The first-order valence-electron chi connectivity index (χ1n) is 9.18. The highest BCUT2D eigenvalue weighted by Gasteiger charge is 2.23. The Morgan fingerprint density at radius 3 is 2.54 bits per heavy atom. The fraction of sp³-hybridized carbons (Fsp3) is 0.389. The predicted molar refractivity (Wildman–Crippen MR) is 109 cm³/mol. The molecule has 5 heterocycles. The standard InChI is InChI=1S/C18H20N8OS/c1-27-8-7-26-12-23-14-16(20-10-21-17(14)26)25-5-3-24(4-6-25)15-13-2-9-28-18(13)22-11-19-15/h2,9-12H,3-8H2,1H3. The molecular formula is C18H20N8OS. The van der Waals surface area contributed by atoms with Crippen molar-refractivity contribution in [1.82, 2.24) is 29.5 Å². The van der Waals surface area contributed by atoms with Crippen molar-refractivity contribution in [2.45, 2.75) is 6.54 Å². The lowest BCUT2D eigenvalue weighted by molar-refractivity contribution is 0.188. The number of hydrogen-bond donors (Lipinski definition) is 0. The zero-order valence-electron chi connectivity index (χ0n) is 15.5. The van der Waals surface area contributed by atoms with Crippen LogP contribution in [-0.2, 0) is 11.3 Å². The van der Waals surface area contributed by atoms with Gasteiger partial charge in [0.1, 0.15) is 23.3 Å². The molecule has 10 heteroatoms. The first-order chi connectivity index (χ1) is 13.8. The van der Waals surface area contributed by atoms with Crippen LogP contribution in [0.2, 0.25) is 0 Å². The summed E-state index contributed by atoms with van der Waals surface area (Å²) < 4.78 is 7.18. The van der Waals surface area contributed by atoms with Crippen LogP contribution in [0.25, 0.3) is 21.4 Å². The van der Waals surface area contributed by atoms with E-state index in [9.17, 15) is 0 Å². The highest BCUT2D eigenvalue weighted by atomic mass is 32.1. The number of imidazole rings is 1. The molecule has 0 aromatic carbocycles. The molecular weight excluding hydrogens is 376 g/mol. The lowest BCUT2D eigenvalue weighted by Crippen LogP contribution is -2.47. The molecule has 144 valence electrons. The summed E-state index contributed by atoms with van der Waals surface area (Å²) in [6, 6.07) is 2.10. The average molecular weight is 396 g/mol. The molecule has 1 fully saturated rings. The van der Waals surface area contributed by atoms with Gasteiger partial charge in [-0.05, 0) is 11.4 Å². The van der Waals surface area contributed by atoms with Crippen LogP contribution in [0, 0.1) is 0 Å². The average Bonchev–Trinajstić information content (AvgIpc) is 3.39. The van der Waals surface area contributed by atoms with E-state index in [1.807, 2.05) is 10.9 Å². The van der Waals surface area contributed by atoms with Crippen LogP contribution in [0.5, 0.6) is 0 Å². The number of hydrogen-bond acceptors (Lipinski definition) is 9. The number of piperazine rings is 1. The zero-order valence-corrected chi connectivity index (χ0v) is 16.3. The summed E-state index contributed by atoms with van der Waals surface area (Å²) in [4.78, 5) is 28.0. The fourth-order valence-corrected chi connectivity index (χ4v) is 4.34. The summed E-state index contributed by atoms with van der Waals surface area (Å²) >= 11 is 1.65. The molecule has 0 radical (unpaired) electrons. The molecule has 5 rings (SSSR count). The Hall–Kier alpha value is -2.85. The number of nitrogens with zero attached hydrogens (tertiary/aromatic N) is 8. The smallest absolute Gasteiger partial charge is 0.165 e. The van der Waals surface area contributed by atoms with Crippen LogP contribution in [0.15, 0.2) is 30.4 Å². The Morgan fingerprint density at radius 1 is 0.964 bits per heavy atom. The lowest BCUT2D eigenvalue weighted by Gasteiger charge is -2.36. The summed E-state index contributed by atoms with van der Waals surface area (Å²) in [5, 5.41) is 3.19. The number of fused-ring (bicyclic) bond motifs is 2. The summed E-state index contributed by atoms with van der Waals surface area (Å²) in [6.45, 7) is 4.80. The number of rotatable bonds is 5. The van der Waals surface area contributed by atoms with E-state index in [1.54, 1.807) is 31.1 Å². The number of aromatic nitrogens is 6. The van der Waals surface area contributed by atoms with Crippen molar-refractivity contribution in [2.75, 3.05) is 49.7 Å². The van der Waals surface area contributed by atoms with Crippen LogP contribution < -0.4 is 9.80 Å². The van der Waals surface area contributed by atoms with Gasteiger partial charge in [-0.25, -0.2) is 24.9 Å². The first kappa shape index (κ1) is 17.3. The van der Waals surface area contributed by atoms with Gasteiger partial charge >= 0.3 is 0 Å². The van der Waals surface area contributed by atoms with Crippen LogP contribution >= 0.6 is 11.3 Å². The van der Waals surface area contributed by atoms with E-state index in [2.05, 4.69) is 46.2 Å². The van der Waals surface area contributed by atoms with Gasteiger partial charge in [0.25, 0.3) is 0 Å². The molecule has 0 atom stereocenters. The van der Waals surface area contributed by atoms with Gasteiger partial charge in [-0.15, -0.1) is 11.3 Å². The molecule has 0 spiro atoms.